The maximum absolute atomic E-state index is 12.1. The van der Waals surface area contributed by atoms with Crippen molar-refractivity contribution in [3.8, 4) is 0 Å². The van der Waals surface area contributed by atoms with Crippen LogP contribution in [0.4, 0.5) is 5.69 Å². The summed E-state index contributed by atoms with van der Waals surface area (Å²) in [6.45, 7) is 5.57. The van der Waals surface area contributed by atoms with Crippen LogP contribution >= 0.6 is 23.8 Å². The highest BCUT2D eigenvalue weighted by atomic mass is 35.5. The lowest BCUT2D eigenvalue weighted by Crippen LogP contribution is -2.39. The van der Waals surface area contributed by atoms with Gasteiger partial charge in [-0.3, -0.25) is 4.79 Å². The highest BCUT2D eigenvalue weighted by Gasteiger charge is 2.16. The lowest BCUT2D eigenvalue weighted by molar-refractivity contribution is -0.129. The molecule has 0 aromatic heterocycles. The highest BCUT2D eigenvalue weighted by Crippen LogP contribution is 2.24. The Morgan fingerprint density at radius 2 is 1.95 bits per heavy atom. The van der Waals surface area contributed by atoms with Crippen molar-refractivity contribution in [1.29, 1.82) is 0 Å². The van der Waals surface area contributed by atoms with E-state index in [1.807, 2.05) is 25.8 Å². The zero-order valence-electron chi connectivity index (χ0n) is 12.0. The summed E-state index contributed by atoms with van der Waals surface area (Å²) in [6, 6.07) is 5.28. The number of anilines is 1. The number of amides is 1. The third-order valence-electron chi connectivity index (χ3n) is 3.13. The average molecular weight is 314 g/mol. The van der Waals surface area contributed by atoms with Gasteiger partial charge in [0.05, 0.1) is 6.54 Å². The van der Waals surface area contributed by atoms with Gasteiger partial charge in [0.1, 0.15) is 4.99 Å². The summed E-state index contributed by atoms with van der Waals surface area (Å²) in [7, 11) is 1.83. The molecule has 0 aliphatic heterocycles. The van der Waals surface area contributed by atoms with E-state index >= 15 is 0 Å². The van der Waals surface area contributed by atoms with Gasteiger partial charge in [-0.25, -0.2) is 0 Å². The van der Waals surface area contributed by atoms with Gasteiger partial charge in [0.2, 0.25) is 5.91 Å². The Morgan fingerprint density at radius 1 is 1.35 bits per heavy atom. The van der Waals surface area contributed by atoms with Gasteiger partial charge < -0.3 is 15.5 Å². The number of nitrogens with zero attached hydrogens (tertiary/aromatic N) is 2. The summed E-state index contributed by atoms with van der Waals surface area (Å²) in [5.41, 5.74) is 7.20. The van der Waals surface area contributed by atoms with Crippen LogP contribution in [0.25, 0.3) is 0 Å². The molecule has 0 bridgehead atoms. The predicted molar refractivity (Wildman–Crippen MR) is 88.5 cm³/mol. The minimum atomic E-state index is 0.0614. The smallest absolute Gasteiger partial charge is 0.242 e. The number of benzene rings is 1. The maximum atomic E-state index is 12.1. The van der Waals surface area contributed by atoms with E-state index in [1.165, 1.54) is 0 Å². The molecule has 0 aliphatic carbocycles. The minimum absolute atomic E-state index is 0.0614. The molecule has 0 radical (unpaired) electrons. The van der Waals surface area contributed by atoms with Gasteiger partial charge in [0.25, 0.3) is 0 Å². The van der Waals surface area contributed by atoms with Crippen LogP contribution in [-0.4, -0.2) is 42.5 Å². The molecule has 0 unspecified atom stereocenters. The van der Waals surface area contributed by atoms with E-state index in [4.69, 9.17) is 29.6 Å². The molecule has 2 N–H and O–H groups in total. The highest BCUT2D eigenvalue weighted by molar-refractivity contribution is 7.80. The molecule has 20 heavy (non-hydrogen) atoms. The van der Waals surface area contributed by atoms with Gasteiger partial charge in [-0.15, -0.1) is 0 Å². The first-order chi connectivity index (χ1) is 9.40. The quantitative estimate of drug-likeness (QED) is 0.819. The maximum Gasteiger partial charge on any atom is 0.242 e. The third-order valence-corrected chi connectivity index (χ3v) is 3.58. The predicted octanol–water partition coefficient (Wildman–Crippen LogP) is 2.28. The summed E-state index contributed by atoms with van der Waals surface area (Å²) < 4.78 is 0. The zero-order valence-corrected chi connectivity index (χ0v) is 13.6. The number of carbonyl (C=O) groups excluding carboxylic acids is 1. The van der Waals surface area contributed by atoms with Crippen LogP contribution in [0.3, 0.4) is 0 Å². The topological polar surface area (TPSA) is 49.6 Å². The number of halogens is 1. The number of carbonyl (C=O) groups is 1. The molecule has 6 heteroatoms. The Balaban J connectivity index is 2.97. The molecule has 0 fully saturated rings. The fourth-order valence-corrected chi connectivity index (χ4v) is 2.33. The fourth-order valence-electron chi connectivity index (χ4n) is 1.99. The Hall–Kier alpha value is -1.33. The molecule has 4 nitrogen and oxygen atoms in total. The van der Waals surface area contributed by atoms with E-state index in [-0.39, 0.29) is 12.5 Å². The van der Waals surface area contributed by atoms with Gasteiger partial charge in [-0.1, -0.05) is 23.8 Å². The van der Waals surface area contributed by atoms with Crippen LogP contribution in [0.15, 0.2) is 18.2 Å². The first-order valence-electron chi connectivity index (χ1n) is 6.48. The van der Waals surface area contributed by atoms with Crippen LogP contribution in [0.5, 0.6) is 0 Å². The van der Waals surface area contributed by atoms with Crippen LogP contribution in [0.1, 0.15) is 19.4 Å². The van der Waals surface area contributed by atoms with Crippen molar-refractivity contribution in [2.45, 2.75) is 13.8 Å². The Bertz CT molecular complexity index is 503. The van der Waals surface area contributed by atoms with Crippen molar-refractivity contribution in [3.05, 3.63) is 28.8 Å². The summed E-state index contributed by atoms with van der Waals surface area (Å²) in [6.07, 6.45) is 0. The summed E-state index contributed by atoms with van der Waals surface area (Å²) in [5, 5.41) is 0.585. The molecule has 0 aliphatic rings. The second-order valence-electron chi connectivity index (χ2n) is 4.45. The zero-order chi connectivity index (χ0) is 15.3. The standard InChI is InChI=1S/C14H20ClN3OS/c1-4-18(5-2)13(19)9-17(3)12-8-10(15)6-7-11(12)14(16)20/h6-8H,4-5,9H2,1-3H3,(H2,16,20). The van der Waals surface area contributed by atoms with Crippen molar-refractivity contribution in [2.75, 3.05) is 31.6 Å². The van der Waals surface area contributed by atoms with Crippen molar-refractivity contribution in [3.63, 3.8) is 0 Å². The molecular weight excluding hydrogens is 294 g/mol. The second-order valence-corrected chi connectivity index (χ2v) is 5.32. The lowest BCUT2D eigenvalue weighted by Gasteiger charge is -2.26. The molecule has 1 aromatic rings. The van der Waals surface area contributed by atoms with E-state index in [0.29, 0.717) is 23.1 Å². The van der Waals surface area contributed by atoms with E-state index in [9.17, 15) is 4.79 Å². The van der Waals surface area contributed by atoms with Gasteiger partial charge in [0, 0.05) is 36.4 Å². The number of nitrogens with two attached hydrogens (primary N) is 1. The summed E-state index contributed by atoms with van der Waals surface area (Å²) in [5.74, 6) is 0.0614. The number of hydrogen-bond donors (Lipinski definition) is 1. The van der Waals surface area contributed by atoms with Gasteiger partial charge in [-0.2, -0.15) is 0 Å². The van der Waals surface area contributed by atoms with E-state index < -0.39 is 0 Å². The first kappa shape index (κ1) is 16.7. The molecule has 1 amide bonds. The van der Waals surface area contributed by atoms with E-state index in [2.05, 4.69) is 0 Å². The van der Waals surface area contributed by atoms with Crippen LogP contribution in [-0.2, 0) is 4.79 Å². The van der Waals surface area contributed by atoms with Crippen molar-refractivity contribution in [2.24, 2.45) is 5.73 Å². The largest absolute Gasteiger partial charge is 0.389 e. The van der Waals surface area contributed by atoms with Crippen molar-refractivity contribution in [1.82, 2.24) is 4.90 Å². The molecule has 1 aromatic carbocycles. The van der Waals surface area contributed by atoms with Crippen LogP contribution in [0.2, 0.25) is 5.02 Å². The Morgan fingerprint density at radius 3 is 2.45 bits per heavy atom. The number of hydrogen-bond acceptors (Lipinski definition) is 3. The molecule has 1 rings (SSSR count). The lowest BCUT2D eigenvalue weighted by atomic mass is 10.1. The number of thiocarbonyl (C=S) groups is 1. The second kappa shape index (κ2) is 7.45. The summed E-state index contributed by atoms with van der Waals surface area (Å²) >= 11 is 11.0. The van der Waals surface area contributed by atoms with Gasteiger partial charge >= 0.3 is 0 Å². The van der Waals surface area contributed by atoms with Gasteiger partial charge in [-0.05, 0) is 32.0 Å². The molecule has 0 atom stereocenters. The van der Waals surface area contributed by atoms with Gasteiger partial charge in [0.15, 0.2) is 0 Å². The summed E-state index contributed by atoms with van der Waals surface area (Å²) in [4.78, 5) is 16.0. The molecule has 110 valence electrons. The molecule has 0 saturated carbocycles. The van der Waals surface area contributed by atoms with E-state index in [0.717, 1.165) is 11.3 Å². The van der Waals surface area contributed by atoms with Crippen LogP contribution in [0, 0.1) is 0 Å². The van der Waals surface area contributed by atoms with Crippen LogP contribution < -0.4 is 10.6 Å². The Kier molecular flexibility index (Phi) is 6.23. The number of likely N-dealkylation sites (N-methyl/N-ethyl adjacent to an activating group) is 2. The van der Waals surface area contributed by atoms with Crippen molar-refractivity contribution >= 4 is 40.4 Å². The minimum Gasteiger partial charge on any atom is -0.389 e. The fraction of sp³-hybridized carbons (Fsp3) is 0.429. The number of rotatable bonds is 6. The first-order valence-corrected chi connectivity index (χ1v) is 7.27. The Labute approximate surface area is 130 Å². The molecular formula is C14H20ClN3OS. The monoisotopic (exact) mass is 313 g/mol. The van der Waals surface area contributed by atoms with Crippen molar-refractivity contribution < 1.29 is 4.79 Å². The molecule has 0 spiro atoms. The normalized spacial score (nSPS) is 10.2. The average Bonchev–Trinajstić information content (AvgIpc) is 2.39. The molecule has 0 heterocycles. The molecule has 0 saturated heterocycles. The third kappa shape index (κ3) is 4.08. The van der Waals surface area contributed by atoms with E-state index in [1.54, 1.807) is 23.1 Å². The SMILES string of the molecule is CCN(CC)C(=O)CN(C)c1cc(Cl)ccc1C(N)=S.